The van der Waals surface area contributed by atoms with Crippen LogP contribution in [0.25, 0.3) is 10.8 Å². The number of benzene rings is 2. The molecule has 3 rings (SSSR count). The Morgan fingerprint density at radius 3 is 2.80 bits per heavy atom. The van der Waals surface area contributed by atoms with Crippen LogP contribution in [0.2, 0.25) is 0 Å². The van der Waals surface area contributed by atoms with E-state index in [0.29, 0.717) is 25.3 Å². The number of aliphatic hydroxyl groups is 1. The molecule has 1 aliphatic heterocycles. The topological polar surface area (TPSA) is 49.8 Å². The first-order valence-electron chi connectivity index (χ1n) is 6.80. The van der Waals surface area contributed by atoms with E-state index in [1.54, 1.807) is 4.90 Å². The minimum atomic E-state index is -0.389. The van der Waals surface area contributed by atoms with E-state index >= 15 is 0 Å². The summed E-state index contributed by atoms with van der Waals surface area (Å²) in [6.07, 6.45) is 0.265. The Morgan fingerprint density at radius 2 is 2.05 bits per heavy atom. The highest BCUT2D eigenvalue weighted by atomic mass is 16.5. The lowest BCUT2D eigenvalue weighted by Crippen LogP contribution is -2.33. The molecule has 0 bridgehead atoms. The van der Waals surface area contributed by atoms with Gasteiger partial charge in [-0.2, -0.15) is 0 Å². The second-order valence-electron chi connectivity index (χ2n) is 5.08. The molecule has 0 radical (unpaired) electrons. The molecule has 0 saturated carbocycles. The molecule has 1 fully saturated rings. The lowest BCUT2D eigenvalue weighted by atomic mass is 10.1. The molecule has 1 heterocycles. The van der Waals surface area contributed by atoms with Gasteiger partial charge in [-0.3, -0.25) is 4.79 Å². The molecule has 1 N–H and O–H groups in total. The fourth-order valence-corrected chi connectivity index (χ4v) is 2.46. The van der Waals surface area contributed by atoms with Gasteiger partial charge in [0.05, 0.1) is 6.10 Å². The minimum absolute atomic E-state index is 0.0189. The van der Waals surface area contributed by atoms with Crippen LogP contribution in [-0.2, 0) is 4.79 Å². The normalized spacial score (nSPS) is 18.4. The van der Waals surface area contributed by atoms with Crippen molar-refractivity contribution >= 4 is 16.7 Å². The lowest BCUT2D eigenvalue weighted by Gasteiger charge is -2.16. The number of carbonyl (C=O) groups is 1. The maximum atomic E-state index is 11.9. The van der Waals surface area contributed by atoms with Crippen molar-refractivity contribution < 1.29 is 14.6 Å². The molecule has 1 aliphatic rings. The highest BCUT2D eigenvalue weighted by Crippen LogP contribution is 2.20. The zero-order chi connectivity index (χ0) is 13.9. The Bertz CT molecular complexity index is 626. The van der Waals surface area contributed by atoms with Gasteiger partial charge in [0.15, 0.2) is 6.61 Å². The minimum Gasteiger partial charge on any atom is -0.484 e. The van der Waals surface area contributed by atoms with Gasteiger partial charge in [-0.25, -0.2) is 0 Å². The summed E-state index contributed by atoms with van der Waals surface area (Å²) in [4.78, 5) is 13.6. The molecule has 2 aromatic carbocycles. The van der Waals surface area contributed by atoms with E-state index in [4.69, 9.17) is 4.74 Å². The van der Waals surface area contributed by atoms with Crippen molar-refractivity contribution in [1.29, 1.82) is 0 Å². The molecule has 2 aromatic rings. The van der Waals surface area contributed by atoms with E-state index in [9.17, 15) is 9.90 Å². The third kappa shape index (κ3) is 2.75. The highest BCUT2D eigenvalue weighted by Gasteiger charge is 2.24. The monoisotopic (exact) mass is 271 g/mol. The van der Waals surface area contributed by atoms with E-state index in [0.717, 1.165) is 10.8 Å². The van der Waals surface area contributed by atoms with E-state index in [2.05, 4.69) is 0 Å². The van der Waals surface area contributed by atoms with E-state index in [1.165, 1.54) is 0 Å². The summed E-state index contributed by atoms with van der Waals surface area (Å²) in [6.45, 7) is 1.05. The molecular weight excluding hydrogens is 254 g/mol. The number of rotatable bonds is 3. The van der Waals surface area contributed by atoms with Gasteiger partial charge in [0.2, 0.25) is 0 Å². The molecule has 20 heavy (non-hydrogen) atoms. The smallest absolute Gasteiger partial charge is 0.260 e. The van der Waals surface area contributed by atoms with Crippen LogP contribution in [0.1, 0.15) is 6.42 Å². The molecule has 0 aliphatic carbocycles. The van der Waals surface area contributed by atoms with Crippen molar-refractivity contribution in [3.8, 4) is 5.75 Å². The van der Waals surface area contributed by atoms with Gasteiger partial charge in [-0.15, -0.1) is 0 Å². The Labute approximate surface area is 117 Å². The van der Waals surface area contributed by atoms with Gasteiger partial charge in [-0.05, 0) is 29.3 Å². The van der Waals surface area contributed by atoms with Crippen molar-refractivity contribution in [2.24, 2.45) is 0 Å². The van der Waals surface area contributed by atoms with E-state index in [-0.39, 0.29) is 18.6 Å². The van der Waals surface area contributed by atoms with Crippen LogP contribution in [0.3, 0.4) is 0 Å². The summed E-state index contributed by atoms with van der Waals surface area (Å²) in [5, 5.41) is 11.7. The van der Waals surface area contributed by atoms with Crippen molar-refractivity contribution in [3.63, 3.8) is 0 Å². The number of aliphatic hydroxyl groups excluding tert-OH is 1. The summed E-state index contributed by atoms with van der Waals surface area (Å²) in [7, 11) is 0. The van der Waals surface area contributed by atoms with Crippen LogP contribution in [-0.4, -0.2) is 41.7 Å². The molecule has 1 saturated heterocycles. The second kappa shape index (κ2) is 5.51. The number of carbonyl (C=O) groups excluding carboxylic acids is 1. The Morgan fingerprint density at radius 1 is 1.25 bits per heavy atom. The van der Waals surface area contributed by atoms with Gasteiger partial charge < -0.3 is 14.7 Å². The molecule has 4 nitrogen and oxygen atoms in total. The van der Waals surface area contributed by atoms with Gasteiger partial charge in [0, 0.05) is 13.1 Å². The van der Waals surface area contributed by atoms with E-state index in [1.807, 2.05) is 42.5 Å². The number of nitrogens with zero attached hydrogens (tertiary/aromatic N) is 1. The predicted octanol–water partition coefficient (Wildman–Crippen LogP) is 1.81. The standard InChI is InChI=1S/C16H17NO3/c18-14-7-8-17(10-14)16(19)11-20-15-6-5-12-3-1-2-4-13(12)9-15/h1-6,9,14,18H,7-8,10-11H2/t14-/m1/s1. The Hall–Kier alpha value is -2.07. The second-order valence-corrected chi connectivity index (χ2v) is 5.08. The van der Waals surface area contributed by atoms with Crippen molar-refractivity contribution in [3.05, 3.63) is 42.5 Å². The quantitative estimate of drug-likeness (QED) is 0.926. The summed E-state index contributed by atoms with van der Waals surface area (Å²) in [5.74, 6) is 0.617. The Kier molecular flexibility index (Phi) is 3.56. The largest absolute Gasteiger partial charge is 0.484 e. The van der Waals surface area contributed by atoms with Crippen molar-refractivity contribution in [1.82, 2.24) is 4.90 Å². The van der Waals surface area contributed by atoms with Crippen LogP contribution in [0.5, 0.6) is 5.75 Å². The van der Waals surface area contributed by atoms with Gasteiger partial charge in [0.25, 0.3) is 5.91 Å². The molecule has 0 spiro atoms. The summed E-state index contributed by atoms with van der Waals surface area (Å²) in [5.41, 5.74) is 0. The summed E-state index contributed by atoms with van der Waals surface area (Å²) >= 11 is 0. The molecular formula is C16H17NO3. The summed E-state index contributed by atoms with van der Waals surface area (Å²) < 4.78 is 5.55. The maximum Gasteiger partial charge on any atom is 0.260 e. The van der Waals surface area contributed by atoms with Crippen LogP contribution in [0.4, 0.5) is 0 Å². The number of hydrogen-bond donors (Lipinski definition) is 1. The summed E-state index contributed by atoms with van der Waals surface area (Å²) in [6, 6.07) is 13.8. The molecule has 0 unspecified atom stereocenters. The van der Waals surface area contributed by atoms with Crippen LogP contribution < -0.4 is 4.74 Å². The van der Waals surface area contributed by atoms with Gasteiger partial charge >= 0.3 is 0 Å². The first kappa shape index (κ1) is 12.9. The number of likely N-dealkylation sites (tertiary alicyclic amines) is 1. The highest BCUT2D eigenvalue weighted by molar-refractivity contribution is 5.84. The third-order valence-corrected chi connectivity index (χ3v) is 3.60. The first-order valence-corrected chi connectivity index (χ1v) is 6.80. The fraction of sp³-hybridized carbons (Fsp3) is 0.312. The zero-order valence-electron chi connectivity index (χ0n) is 11.2. The number of hydrogen-bond acceptors (Lipinski definition) is 3. The number of fused-ring (bicyclic) bond motifs is 1. The van der Waals surface area contributed by atoms with Crippen molar-refractivity contribution in [2.75, 3.05) is 19.7 Å². The average Bonchev–Trinajstić information content (AvgIpc) is 2.91. The maximum absolute atomic E-state index is 11.9. The fourth-order valence-electron chi connectivity index (χ4n) is 2.46. The average molecular weight is 271 g/mol. The molecule has 104 valence electrons. The molecule has 1 atom stereocenters. The van der Waals surface area contributed by atoms with Gasteiger partial charge in [-0.1, -0.05) is 30.3 Å². The third-order valence-electron chi connectivity index (χ3n) is 3.60. The molecule has 1 amide bonds. The van der Waals surface area contributed by atoms with E-state index < -0.39 is 0 Å². The molecule has 4 heteroatoms. The van der Waals surface area contributed by atoms with Crippen molar-refractivity contribution in [2.45, 2.75) is 12.5 Å². The number of ether oxygens (including phenoxy) is 1. The lowest BCUT2D eigenvalue weighted by molar-refractivity contribution is -0.132. The van der Waals surface area contributed by atoms with Crippen LogP contribution in [0, 0.1) is 0 Å². The Balaban J connectivity index is 1.63. The zero-order valence-corrected chi connectivity index (χ0v) is 11.2. The first-order chi connectivity index (χ1) is 9.72. The number of β-amino-alcohol motifs (C(OH)–C–C–N with tert-alkyl or cyclic N) is 1. The SMILES string of the molecule is O=C(COc1ccc2ccccc2c1)N1CC[C@@H](O)C1. The van der Waals surface area contributed by atoms with Crippen LogP contribution in [0.15, 0.2) is 42.5 Å². The number of amides is 1. The van der Waals surface area contributed by atoms with Gasteiger partial charge in [0.1, 0.15) is 5.75 Å². The predicted molar refractivity (Wildman–Crippen MR) is 76.6 cm³/mol. The molecule has 0 aromatic heterocycles. The van der Waals surface area contributed by atoms with Crippen LogP contribution >= 0.6 is 0 Å².